The number of carbonyl (C=O) groups excluding carboxylic acids is 4. The van der Waals surface area contributed by atoms with E-state index in [1.807, 2.05) is 0 Å². The molecule has 0 aliphatic carbocycles. The molecule has 4 amide bonds. The first kappa shape index (κ1) is 29.7. The molecule has 0 radical (unpaired) electrons. The molecule has 14 nitrogen and oxygen atoms in total. The van der Waals surface area contributed by atoms with Crippen LogP contribution in [0.3, 0.4) is 0 Å². The highest BCUT2D eigenvalue weighted by atomic mass is 19.1. The molecule has 0 unspecified atom stereocenters. The molecular weight excluding hydrogens is 547 g/mol. The van der Waals surface area contributed by atoms with Gasteiger partial charge < -0.3 is 46.1 Å². The number of amides is 4. The number of nitrogens with one attached hydrogen (secondary N) is 4. The van der Waals surface area contributed by atoms with Crippen LogP contribution in [0.25, 0.3) is 0 Å². The zero-order chi connectivity index (χ0) is 30.3. The molecule has 7 N–H and O–H groups in total. The number of carboxylic acids is 1. The van der Waals surface area contributed by atoms with Gasteiger partial charge in [-0.2, -0.15) is 0 Å². The van der Waals surface area contributed by atoms with Gasteiger partial charge in [-0.05, 0) is 42.5 Å². The van der Waals surface area contributed by atoms with Crippen LogP contribution < -0.4 is 30.7 Å². The Morgan fingerprint density at radius 3 is 1.83 bits per heavy atom. The second kappa shape index (κ2) is 12.8. The SMILES string of the molecule is COc1c(NC(=O)c2ccc(NC(=O)c3ccc(NC(=O)CNC=O)cc3F)c(OC)c2O)ccc(C(=O)O)c1O. The van der Waals surface area contributed by atoms with Gasteiger partial charge in [0.25, 0.3) is 11.8 Å². The number of halogens is 1. The van der Waals surface area contributed by atoms with E-state index in [0.29, 0.717) is 6.41 Å². The summed E-state index contributed by atoms with van der Waals surface area (Å²) in [5.74, 6) is -6.99. The normalized spacial score (nSPS) is 10.2. The van der Waals surface area contributed by atoms with E-state index < -0.39 is 52.1 Å². The van der Waals surface area contributed by atoms with Crippen molar-refractivity contribution in [3.05, 3.63) is 65.0 Å². The van der Waals surface area contributed by atoms with Gasteiger partial charge in [-0.3, -0.25) is 19.2 Å². The van der Waals surface area contributed by atoms with Gasteiger partial charge in [0.15, 0.2) is 23.0 Å². The fraction of sp³-hybridized carbons (Fsp3) is 0.115. The van der Waals surface area contributed by atoms with Crippen molar-refractivity contribution in [2.45, 2.75) is 0 Å². The minimum absolute atomic E-state index is 0.0323. The van der Waals surface area contributed by atoms with Crippen LogP contribution >= 0.6 is 0 Å². The third-order valence-electron chi connectivity index (χ3n) is 5.49. The van der Waals surface area contributed by atoms with E-state index in [0.717, 1.165) is 38.5 Å². The van der Waals surface area contributed by atoms with Gasteiger partial charge in [-0.1, -0.05) is 0 Å². The van der Waals surface area contributed by atoms with Crippen molar-refractivity contribution in [2.24, 2.45) is 0 Å². The Bertz CT molecular complexity index is 1540. The highest BCUT2D eigenvalue weighted by molar-refractivity contribution is 6.10. The molecule has 0 spiro atoms. The van der Waals surface area contributed by atoms with E-state index >= 15 is 0 Å². The zero-order valence-corrected chi connectivity index (χ0v) is 21.4. The largest absolute Gasteiger partial charge is 0.504 e. The van der Waals surface area contributed by atoms with Crippen molar-refractivity contribution in [1.29, 1.82) is 0 Å². The zero-order valence-electron chi connectivity index (χ0n) is 21.4. The summed E-state index contributed by atoms with van der Waals surface area (Å²) in [7, 11) is 2.30. The number of aromatic carboxylic acids is 1. The van der Waals surface area contributed by atoms with Crippen molar-refractivity contribution >= 4 is 47.2 Å². The Hall–Kier alpha value is -5.86. The summed E-state index contributed by atoms with van der Waals surface area (Å²) in [6.07, 6.45) is 0.322. The van der Waals surface area contributed by atoms with Gasteiger partial charge in [0, 0.05) is 5.69 Å². The lowest BCUT2D eigenvalue weighted by Crippen LogP contribution is -2.27. The number of hydrogen-bond donors (Lipinski definition) is 7. The standard InChI is InChI=1S/C26H23FN4O10/c1-40-22-17(30-24(36)13-4-3-12(9-16(13)27)29-19(33)10-28-11-32)7-5-14(20(22)34)25(37)31-18-8-6-15(26(38)39)21(35)23(18)41-2/h3-9,11,34-35H,10H2,1-2H3,(H,28,32)(H,29,33)(H,30,36)(H,31,37)(H,38,39). The fourth-order valence-corrected chi connectivity index (χ4v) is 3.60. The second-order valence-electron chi connectivity index (χ2n) is 8.04. The van der Waals surface area contributed by atoms with Crippen molar-refractivity contribution in [1.82, 2.24) is 5.32 Å². The number of carbonyl (C=O) groups is 5. The van der Waals surface area contributed by atoms with Crippen LogP contribution in [0.2, 0.25) is 0 Å². The molecule has 0 saturated carbocycles. The number of ether oxygens (including phenoxy) is 2. The van der Waals surface area contributed by atoms with Gasteiger partial charge >= 0.3 is 5.97 Å². The minimum Gasteiger partial charge on any atom is -0.504 e. The number of phenols is 2. The predicted octanol–water partition coefficient (Wildman–Crippen LogP) is 2.14. The molecule has 0 aliphatic heterocycles. The van der Waals surface area contributed by atoms with E-state index in [4.69, 9.17) is 14.6 Å². The highest BCUT2D eigenvalue weighted by Crippen LogP contribution is 2.40. The Kier molecular flexibility index (Phi) is 9.26. The van der Waals surface area contributed by atoms with Crippen LogP contribution in [-0.4, -0.2) is 66.2 Å². The van der Waals surface area contributed by atoms with Gasteiger partial charge in [-0.25, -0.2) is 9.18 Å². The van der Waals surface area contributed by atoms with E-state index in [1.165, 1.54) is 18.2 Å². The average Bonchev–Trinajstić information content (AvgIpc) is 2.92. The van der Waals surface area contributed by atoms with Gasteiger partial charge in [0.1, 0.15) is 11.4 Å². The van der Waals surface area contributed by atoms with E-state index in [-0.39, 0.29) is 40.7 Å². The number of carboxylic acid groups (broad SMARTS) is 1. The Morgan fingerprint density at radius 2 is 1.32 bits per heavy atom. The summed E-state index contributed by atoms with van der Waals surface area (Å²) in [4.78, 5) is 58.8. The third kappa shape index (κ3) is 6.59. The maximum Gasteiger partial charge on any atom is 0.339 e. The monoisotopic (exact) mass is 570 g/mol. The van der Waals surface area contributed by atoms with Crippen molar-refractivity contribution < 1.29 is 53.2 Å². The van der Waals surface area contributed by atoms with Crippen LogP contribution in [0.5, 0.6) is 23.0 Å². The van der Waals surface area contributed by atoms with Crippen molar-refractivity contribution in [2.75, 3.05) is 36.7 Å². The first-order chi connectivity index (χ1) is 19.5. The average molecular weight is 570 g/mol. The maximum absolute atomic E-state index is 14.6. The first-order valence-electron chi connectivity index (χ1n) is 11.4. The lowest BCUT2D eigenvalue weighted by atomic mass is 10.1. The summed E-state index contributed by atoms with van der Waals surface area (Å²) in [5.41, 5.74) is -1.42. The molecule has 0 atom stereocenters. The molecular formula is C26H23FN4O10. The van der Waals surface area contributed by atoms with Gasteiger partial charge in [0.2, 0.25) is 12.3 Å². The van der Waals surface area contributed by atoms with Crippen molar-refractivity contribution in [3.63, 3.8) is 0 Å². The second-order valence-corrected chi connectivity index (χ2v) is 8.04. The summed E-state index contributed by atoms with van der Waals surface area (Å²) in [5, 5.41) is 39.2. The Labute approximate surface area is 230 Å². The van der Waals surface area contributed by atoms with Crippen LogP contribution in [-0.2, 0) is 9.59 Å². The van der Waals surface area contributed by atoms with Gasteiger partial charge in [-0.15, -0.1) is 0 Å². The lowest BCUT2D eigenvalue weighted by Gasteiger charge is -2.16. The third-order valence-corrected chi connectivity index (χ3v) is 5.49. The Morgan fingerprint density at radius 1 is 0.805 bits per heavy atom. The van der Waals surface area contributed by atoms with Gasteiger partial charge in [0.05, 0.1) is 43.3 Å². The molecule has 41 heavy (non-hydrogen) atoms. The highest BCUT2D eigenvalue weighted by Gasteiger charge is 2.24. The minimum atomic E-state index is -1.43. The number of anilines is 3. The molecule has 0 aromatic heterocycles. The predicted molar refractivity (Wildman–Crippen MR) is 141 cm³/mol. The van der Waals surface area contributed by atoms with E-state index in [1.54, 1.807) is 0 Å². The Balaban J connectivity index is 1.82. The number of rotatable bonds is 11. The van der Waals surface area contributed by atoms with E-state index in [9.17, 15) is 38.6 Å². The molecule has 0 heterocycles. The maximum atomic E-state index is 14.6. The summed E-state index contributed by atoms with van der Waals surface area (Å²) >= 11 is 0. The molecule has 3 rings (SSSR count). The van der Waals surface area contributed by atoms with Crippen LogP contribution in [0, 0.1) is 5.82 Å². The number of methoxy groups -OCH3 is 2. The summed E-state index contributed by atoms with van der Waals surface area (Å²) in [6, 6.07) is 7.80. The molecule has 0 bridgehead atoms. The fourth-order valence-electron chi connectivity index (χ4n) is 3.60. The molecule has 0 aliphatic rings. The number of aromatic hydroxyl groups is 2. The number of benzene rings is 3. The van der Waals surface area contributed by atoms with Crippen molar-refractivity contribution in [3.8, 4) is 23.0 Å². The molecule has 0 fully saturated rings. The lowest BCUT2D eigenvalue weighted by molar-refractivity contribution is -0.118. The quantitative estimate of drug-likeness (QED) is 0.167. The first-order valence-corrected chi connectivity index (χ1v) is 11.4. The number of hydrogen-bond acceptors (Lipinski definition) is 9. The molecule has 214 valence electrons. The number of phenolic OH excluding ortho intramolecular Hbond substituents is 1. The van der Waals surface area contributed by atoms with Crippen LogP contribution in [0.4, 0.5) is 21.5 Å². The van der Waals surface area contributed by atoms with Crippen LogP contribution in [0.1, 0.15) is 31.1 Å². The van der Waals surface area contributed by atoms with Crippen LogP contribution in [0.15, 0.2) is 42.5 Å². The topological polar surface area (TPSA) is 213 Å². The smallest absolute Gasteiger partial charge is 0.339 e. The molecule has 3 aromatic rings. The summed E-state index contributed by atoms with van der Waals surface area (Å²) in [6.45, 7) is -0.336. The van der Waals surface area contributed by atoms with E-state index in [2.05, 4.69) is 21.3 Å². The molecule has 0 saturated heterocycles. The molecule has 3 aromatic carbocycles. The summed E-state index contributed by atoms with van der Waals surface area (Å²) < 4.78 is 24.8. The molecule has 15 heteroatoms.